The van der Waals surface area contributed by atoms with E-state index in [0.717, 1.165) is 28.8 Å². The summed E-state index contributed by atoms with van der Waals surface area (Å²) >= 11 is 5.79. The summed E-state index contributed by atoms with van der Waals surface area (Å²) in [6.07, 6.45) is 3.24. The molecule has 0 spiro atoms. The van der Waals surface area contributed by atoms with Gasteiger partial charge < -0.3 is 5.21 Å². The van der Waals surface area contributed by atoms with Gasteiger partial charge in [-0.1, -0.05) is 29.8 Å². The lowest BCUT2D eigenvalue weighted by molar-refractivity contribution is 0.185. The number of carbonyl (C=O) groups excluding carboxylic acids is 1. The molecule has 3 rings (SSSR count). The molecule has 5 nitrogen and oxygen atoms in total. The highest BCUT2D eigenvalue weighted by molar-refractivity contribution is 6.29. The molecule has 0 fully saturated rings. The summed E-state index contributed by atoms with van der Waals surface area (Å²) in [5.74, 6) is 0. The van der Waals surface area contributed by atoms with Crippen LogP contribution in [0.25, 0.3) is 0 Å². The van der Waals surface area contributed by atoms with Gasteiger partial charge in [0.15, 0.2) is 0 Å². The van der Waals surface area contributed by atoms with Gasteiger partial charge in [0.1, 0.15) is 5.15 Å². The number of hydrogen-bond donors (Lipinski definition) is 1. The van der Waals surface area contributed by atoms with E-state index in [4.69, 9.17) is 11.6 Å². The molecule has 0 radical (unpaired) electrons. The second kappa shape index (κ2) is 5.61. The van der Waals surface area contributed by atoms with Crippen LogP contribution in [0, 0.1) is 0 Å². The fourth-order valence-electron chi connectivity index (χ4n) is 2.43. The molecule has 0 atom stereocenters. The standard InChI is InChI=1S/C15H14ClN3O2/c16-14-10-12(7-9-19(14)21)17-15(20)18-8-3-5-11-4-1-2-6-13(11)18/h1-2,4,6-7,9-10,21H,3,5,8H2/b17-12+. The molecular formula is C15H14ClN3O2. The number of aromatic nitrogens is 1. The Bertz CT molecular complexity index is 755. The molecule has 0 saturated carbocycles. The van der Waals surface area contributed by atoms with Crippen LogP contribution in [0.15, 0.2) is 47.6 Å². The van der Waals surface area contributed by atoms with Crippen molar-refractivity contribution in [3.63, 3.8) is 0 Å². The number of fused-ring (bicyclic) bond motifs is 1. The Hall–Kier alpha value is -2.27. The number of pyridine rings is 1. The highest BCUT2D eigenvalue weighted by Gasteiger charge is 2.21. The number of hydrogen-bond acceptors (Lipinski definition) is 2. The quantitative estimate of drug-likeness (QED) is 0.601. The molecule has 2 amide bonds. The van der Waals surface area contributed by atoms with Crippen LogP contribution >= 0.6 is 11.6 Å². The number of amides is 2. The molecule has 6 heteroatoms. The highest BCUT2D eigenvalue weighted by Crippen LogP contribution is 2.26. The summed E-state index contributed by atoms with van der Waals surface area (Å²) in [5, 5.41) is 9.82. The van der Waals surface area contributed by atoms with Crippen molar-refractivity contribution in [2.24, 2.45) is 4.99 Å². The lowest BCUT2D eigenvalue weighted by Crippen LogP contribution is -2.34. The Balaban J connectivity index is 1.95. The van der Waals surface area contributed by atoms with Crippen LogP contribution in [0.5, 0.6) is 0 Å². The lowest BCUT2D eigenvalue weighted by atomic mass is 10.0. The third-order valence-corrected chi connectivity index (χ3v) is 3.72. The van der Waals surface area contributed by atoms with Crippen LogP contribution in [0.2, 0.25) is 5.15 Å². The van der Waals surface area contributed by atoms with E-state index >= 15 is 0 Å². The third kappa shape index (κ3) is 2.78. The first-order chi connectivity index (χ1) is 10.1. The smallest absolute Gasteiger partial charge is 0.348 e. The molecule has 21 heavy (non-hydrogen) atoms. The van der Waals surface area contributed by atoms with E-state index in [-0.39, 0.29) is 11.2 Å². The topological polar surface area (TPSA) is 57.8 Å². The number of benzene rings is 1. The van der Waals surface area contributed by atoms with Gasteiger partial charge in [0, 0.05) is 24.5 Å². The zero-order valence-corrected chi connectivity index (χ0v) is 12.0. The maximum atomic E-state index is 12.4. The zero-order valence-electron chi connectivity index (χ0n) is 11.2. The molecule has 0 aliphatic carbocycles. The van der Waals surface area contributed by atoms with Crippen molar-refractivity contribution in [3.8, 4) is 0 Å². The number of urea groups is 1. The molecule has 0 saturated heterocycles. The van der Waals surface area contributed by atoms with Crippen molar-refractivity contribution in [2.75, 3.05) is 11.4 Å². The average molecular weight is 304 g/mol. The van der Waals surface area contributed by atoms with Gasteiger partial charge in [-0.3, -0.25) is 4.90 Å². The van der Waals surface area contributed by atoms with Gasteiger partial charge in [-0.2, -0.15) is 9.72 Å². The number of rotatable bonds is 0. The Kier molecular flexibility index (Phi) is 3.66. The van der Waals surface area contributed by atoms with E-state index in [1.54, 1.807) is 4.90 Å². The monoisotopic (exact) mass is 303 g/mol. The molecular weight excluding hydrogens is 290 g/mol. The van der Waals surface area contributed by atoms with Crippen molar-refractivity contribution in [2.45, 2.75) is 12.8 Å². The normalized spacial score (nSPS) is 14.9. The molecule has 1 aromatic carbocycles. The Morgan fingerprint density at radius 3 is 2.90 bits per heavy atom. The van der Waals surface area contributed by atoms with Gasteiger partial charge in [-0.25, -0.2) is 4.79 Å². The van der Waals surface area contributed by atoms with Crippen molar-refractivity contribution in [1.82, 2.24) is 4.73 Å². The van der Waals surface area contributed by atoms with Crippen molar-refractivity contribution < 1.29 is 10.0 Å². The minimum atomic E-state index is -0.325. The first kappa shape index (κ1) is 13.7. The minimum Gasteiger partial charge on any atom is -0.428 e. The molecule has 0 bridgehead atoms. The number of para-hydroxylation sites is 1. The second-order valence-corrected chi connectivity index (χ2v) is 5.22. The summed E-state index contributed by atoms with van der Waals surface area (Å²) < 4.78 is 0.765. The molecule has 2 heterocycles. The lowest BCUT2D eigenvalue weighted by Gasteiger charge is -2.27. The molecule has 1 aliphatic heterocycles. The molecule has 2 aromatic rings. The van der Waals surface area contributed by atoms with Crippen LogP contribution in [-0.2, 0) is 6.42 Å². The molecule has 1 aliphatic rings. The Morgan fingerprint density at radius 1 is 1.29 bits per heavy atom. The highest BCUT2D eigenvalue weighted by atomic mass is 35.5. The number of aryl methyl sites for hydroxylation is 1. The van der Waals surface area contributed by atoms with E-state index in [1.165, 1.54) is 18.3 Å². The Morgan fingerprint density at radius 2 is 2.10 bits per heavy atom. The molecule has 1 aromatic heterocycles. The maximum Gasteiger partial charge on any atom is 0.348 e. The fraction of sp³-hybridized carbons (Fsp3) is 0.200. The summed E-state index contributed by atoms with van der Waals surface area (Å²) in [4.78, 5) is 18.1. The molecule has 0 unspecified atom stereocenters. The minimum absolute atomic E-state index is 0.100. The van der Waals surface area contributed by atoms with Gasteiger partial charge in [0.2, 0.25) is 0 Å². The van der Waals surface area contributed by atoms with Gasteiger partial charge in [0.25, 0.3) is 0 Å². The number of nitrogens with zero attached hydrogens (tertiary/aromatic N) is 3. The van der Waals surface area contributed by atoms with Crippen LogP contribution < -0.4 is 10.3 Å². The fourth-order valence-corrected chi connectivity index (χ4v) is 2.60. The first-order valence-corrected chi connectivity index (χ1v) is 7.04. The summed E-state index contributed by atoms with van der Waals surface area (Å²) in [6, 6.07) is 10.5. The van der Waals surface area contributed by atoms with E-state index in [2.05, 4.69) is 4.99 Å². The first-order valence-electron chi connectivity index (χ1n) is 6.67. The number of anilines is 1. The van der Waals surface area contributed by atoms with Gasteiger partial charge in [-0.15, -0.1) is 0 Å². The predicted octanol–water partition coefficient (Wildman–Crippen LogP) is 2.85. The van der Waals surface area contributed by atoms with E-state index in [9.17, 15) is 10.0 Å². The molecule has 1 N–H and O–H groups in total. The predicted molar refractivity (Wildman–Crippen MR) is 79.7 cm³/mol. The van der Waals surface area contributed by atoms with E-state index < -0.39 is 0 Å². The van der Waals surface area contributed by atoms with E-state index in [0.29, 0.717) is 11.9 Å². The maximum absolute atomic E-state index is 12.4. The number of carbonyl (C=O) groups is 1. The van der Waals surface area contributed by atoms with Gasteiger partial charge >= 0.3 is 6.03 Å². The third-order valence-electron chi connectivity index (χ3n) is 3.44. The average Bonchev–Trinajstić information content (AvgIpc) is 2.50. The van der Waals surface area contributed by atoms with Crippen LogP contribution in [0.3, 0.4) is 0 Å². The zero-order chi connectivity index (χ0) is 14.8. The summed E-state index contributed by atoms with van der Waals surface area (Å²) in [6.45, 7) is 0.653. The van der Waals surface area contributed by atoms with Gasteiger partial charge in [0.05, 0.1) is 5.36 Å². The largest absolute Gasteiger partial charge is 0.428 e. The van der Waals surface area contributed by atoms with Crippen LogP contribution in [-0.4, -0.2) is 22.5 Å². The number of halogens is 1. The van der Waals surface area contributed by atoms with Crippen molar-refractivity contribution in [3.05, 3.63) is 58.7 Å². The van der Waals surface area contributed by atoms with Crippen molar-refractivity contribution in [1.29, 1.82) is 0 Å². The molecule has 108 valence electrons. The summed E-state index contributed by atoms with van der Waals surface area (Å²) in [5.41, 5.74) is 2.07. The second-order valence-electron chi connectivity index (χ2n) is 4.83. The van der Waals surface area contributed by atoms with Gasteiger partial charge in [-0.05, 0) is 30.5 Å². The Labute approximate surface area is 126 Å². The van der Waals surface area contributed by atoms with Crippen molar-refractivity contribution >= 4 is 23.3 Å². The van der Waals surface area contributed by atoms with E-state index in [1.807, 2.05) is 24.3 Å². The SMILES string of the molecule is O=C(/N=c1\ccn(O)c(Cl)c1)N1CCCc2ccccc21. The summed E-state index contributed by atoms with van der Waals surface area (Å²) in [7, 11) is 0. The van der Waals surface area contributed by atoms with Crippen LogP contribution in [0.4, 0.5) is 10.5 Å². The van der Waals surface area contributed by atoms with Crippen LogP contribution in [0.1, 0.15) is 12.0 Å².